The van der Waals surface area contributed by atoms with Crippen molar-refractivity contribution in [2.75, 3.05) is 0 Å². The van der Waals surface area contributed by atoms with Gasteiger partial charge in [0.05, 0.1) is 23.1 Å². The quantitative estimate of drug-likeness (QED) is 0.603. The SMILES string of the molecule is O=C(NCc1ccnc(-c2ccncc2)c1)c1ccc2nc[nH]c2c1. The van der Waals surface area contributed by atoms with Gasteiger partial charge in [0.15, 0.2) is 0 Å². The molecule has 0 unspecified atom stereocenters. The van der Waals surface area contributed by atoms with E-state index in [2.05, 4.69) is 25.3 Å². The van der Waals surface area contributed by atoms with Crippen LogP contribution in [-0.2, 0) is 6.54 Å². The summed E-state index contributed by atoms with van der Waals surface area (Å²) < 4.78 is 0. The molecule has 0 aliphatic carbocycles. The van der Waals surface area contributed by atoms with E-state index in [9.17, 15) is 4.79 Å². The van der Waals surface area contributed by atoms with E-state index in [4.69, 9.17) is 0 Å². The van der Waals surface area contributed by atoms with Gasteiger partial charge >= 0.3 is 0 Å². The third-order valence-electron chi connectivity index (χ3n) is 3.94. The van der Waals surface area contributed by atoms with Crippen LogP contribution in [-0.4, -0.2) is 25.8 Å². The smallest absolute Gasteiger partial charge is 0.251 e. The van der Waals surface area contributed by atoms with Gasteiger partial charge in [-0.3, -0.25) is 14.8 Å². The molecular weight excluding hydrogens is 314 g/mol. The maximum Gasteiger partial charge on any atom is 0.251 e. The van der Waals surface area contributed by atoms with Crippen LogP contribution in [0.25, 0.3) is 22.3 Å². The van der Waals surface area contributed by atoms with E-state index >= 15 is 0 Å². The monoisotopic (exact) mass is 329 g/mol. The van der Waals surface area contributed by atoms with Gasteiger partial charge in [0.1, 0.15) is 0 Å². The Morgan fingerprint density at radius 1 is 1.00 bits per heavy atom. The average molecular weight is 329 g/mol. The molecule has 0 saturated heterocycles. The van der Waals surface area contributed by atoms with E-state index in [1.165, 1.54) is 0 Å². The van der Waals surface area contributed by atoms with Crippen molar-refractivity contribution in [1.82, 2.24) is 25.3 Å². The highest BCUT2D eigenvalue weighted by Gasteiger charge is 2.08. The zero-order valence-electron chi connectivity index (χ0n) is 13.3. The van der Waals surface area contributed by atoms with E-state index < -0.39 is 0 Å². The summed E-state index contributed by atoms with van der Waals surface area (Å²) in [5, 5.41) is 2.94. The number of hydrogen-bond acceptors (Lipinski definition) is 4. The molecule has 122 valence electrons. The number of carbonyl (C=O) groups excluding carboxylic acids is 1. The van der Waals surface area contributed by atoms with Crippen molar-refractivity contribution in [2.45, 2.75) is 6.54 Å². The number of pyridine rings is 2. The van der Waals surface area contributed by atoms with Gasteiger partial charge in [0.25, 0.3) is 5.91 Å². The van der Waals surface area contributed by atoms with Crippen LogP contribution in [0.15, 0.2) is 67.4 Å². The van der Waals surface area contributed by atoms with E-state index in [0.717, 1.165) is 27.9 Å². The predicted molar refractivity (Wildman–Crippen MR) is 94.7 cm³/mol. The first kappa shape index (κ1) is 15.0. The molecule has 3 aromatic heterocycles. The molecule has 0 radical (unpaired) electrons. The predicted octanol–water partition coefficient (Wildman–Crippen LogP) is 2.95. The lowest BCUT2D eigenvalue weighted by Gasteiger charge is -2.07. The number of hydrogen-bond donors (Lipinski definition) is 2. The number of nitrogens with one attached hydrogen (secondary N) is 2. The van der Waals surface area contributed by atoms with Crippen molar-refractivity contribution >= 4 is 16.9 Å². The third-order valence-corrected chi connectivity index (χ3v) is 3.94. The zero-order chi connectivity index (χ0) is 17.1. The Morgan fingerprint density at radius 2 is 1.88 bits per heavy atom. The summed E-state index contributed by atoms with van der Waals surface area (Å²) in [6, 6.07) is 13.1. The summed E-state index contributed by atoms with van der Waals surface area (Å²) >= 11 is 0. The number of carbonyl (C=O) groups is 1. The number of fused-ring (bicyclic) bond motifs is 1. The number of imidazole rings is 1. The van der Waals surface area contributed by atoms with E-state index in [1.54, 1.807) is 37.1 Å². The first-order valence-electron chi connectivity index (χ1n) is 7.86. The lowest BCUT2D eigenvalue weighted by molar-refractivity contribution is 0.0951. The summed E-state index contributed by atoms with van der Waals surface area (Å²) in [6.07, 6.45) is 6.83. The Labute approximate surface area is 144 Å². The number of benzene rings is 1. The lowest BCUT2D eigenvalue weighted by Crippen LogP contribution is -2.22. The zero-order valence-corrected chi connectivity index (χ0v) is 13.3. The Morgan fingerprint density at radius 3 is 2.76 bits per heavy atom. The highest BCUT2D eigenvalue weighted by atomic mass is 16.1. The Kier molecular flexibility index (Phi) is 3.92. The molecule has 1 amide bonds. The average Bonchev–Trinajstić information content (AvgIpc) is 3.15. The van der Waals surface area contributed by atoms with Crippen LogP contribution in [0.1, 0.15) is 15.9 Å². The molecule has 0 spiro atoms. The van der Waals surface area contributed by atoms with Crippen molar-refractivity contribution in [2.24, 2.45) is 0 Å². The molecule has 0 aliphatic rings. The Bertz CT molecular complexity index is 1030. The van der Waals surface area contributed by atoms with Gasteiger partial charge in [-0.15, -0.1) is 0 Å². The molecule has 3 heterocycles. The van der Waals surface area contributed by atoms with Crippen LogP contribution in [0.5, 0.6) is 0 Å². The molecule has 0 saturated carbocycles. The fourth-order valence-electron chi connectivity index (χ4n) is 2.63. The fraction of sp³-hybridized carbons (Fsp3) is 0.0526. The van der Waals surface area contributed by atoms with Gasteiger partial charge in [-0.25, -0.2) is 4.98 Å². The maximum absolute atomic E-state index is 12.4. The maximum atomic E-state index is 12.4. The molecule has 6 heteroatoms. The van der Waals surface area contributed by atoms with Crippen LogP contribution >= 0.6 is 0 Å². The molecular formula is C19H15N5O. The molecule has 0 bridgehead atoms. The molecule has 0 atom stereocenters. The number of nitrogens with zero attached hydrogens (tertiary/aromatic N) is 3. The summed E-state index contributed by atoms with van der Waals surface area (Å²) in [4.78, 5) is 27.9. The fourth-order valence-corrected chi connectivity index (χ4v) is 2.63. The molecule has 2 N–H and O–H groups in total. The molecule has 4 aromatic rings. The van der Waals surface area contributed by atoms with Crippen molar-refractivity contribution < 1.29 is 4.79 Å². The minimum atomic E-state index is -0.126. The molecule has 0 aliphatic heterocycles. The number of amides is 1. The molecule has 25 heavy (non-hydrogen) atoms. The van der Waals surface area contributed by atoms with E-state index in [0.29, 0.717) is 12.1 Å². The van der Waals surface area contributed by atoms with Gasteiger partial charge in [0.2, 0.25) is 0 Å². The van der Waals surface area contributed by atoms with E-state index in [1.807, 2.05) is 30.3 Å². The highest BCUT2D eigenvalue weighted by Crippen LogP contribution is 2.17. The van der Waals surface area contributed by atoms with Crippen molar-refractivity contribution in [3.8, 4) is 11.3 Å². The molecule has 1 aromatic carbocycles. The summed E-state index contributed by atoms with van der Waals surface area (Å²) in [7, 11) is 0. The van der Waals surface area contributed by atoms with Crippen molar-refractivity contribution in [1.29, 1.82) is 0 Å². The van der Waals surface area contributed by atoms with E-state index in [-0.39, 0.29) is 5.91 Å². The third kappa shape index (κ3) is 3.23. The van der Waals surface area contributed by atoms with Gasteiger partial charge in [-0.2, -0.15) is 0 Å². The molecule has 4 rings (SSSR count). The minimum absolute atomic E-state index is 0.126. The Balaban J connectivity index is 1.48. The van der Waals surface area contributed by atoms with Gasteiger partial charge in [0, 0.05) is 36.3 Å². The normalized spacial score (nSPS) is 10.7. The van der Waals surface area contributed by atoms with Crippen LogP contribution in [0.2, 0.25) is 0 Å². The van der Waals surface area contributed by atoms with Gasteiger partial charge in [-0.05, 0) is 48.0 Å². The van der Waals surface area contributed by atoms with Gasteiger partial charge < -0.3 is 10.3 Å². The summed E-state index contributed by atoms with van der Waals surface area (Å²) in [5.41, 5.74) is 5.11. The number of aromatic amines is 1. The minimum Gasteiger partial charge on any atom is -0.348 e. The van der Waals surface area contributed by atoms with Gasteiger partial charge in [-0.1, -0.05) is 0 Å². The lowest BCUT2D eigenvalue weighted by atomic mass is 10.1. The Hall–Kier alpha value is -3.54. The second kappa shape index (κ2) is 6.52. The summed E-state index contributed by atoms with van der Waals surface area (Å²) in [5.74, 6) is -0.126. The standard InChI is InChI=1S/C19H15N5O/c25-19(15-1-2-16-18(10-15)24-12-23-16)22-11-13-3-8-21-17(9-13)14-4-6-20-7-5-14/h1-10,12H,11H2,(H,22,25)(H,23,24). The number of aromatic nitrogens is 4. The first-order chi connectivity index (χ1) is 12.3. The van der Waals surface area contributed by atoms with Crippen LogP contribution < -0.4 is 5.32 Å². The largest absolute Gasteiger partial charge is 0.348 e. The van der Waals surface area contributed by atoms with Crippen molar-refractivity contribution in [3.05, 3.63) is 78.5 Å². The second-order valence-corrected chi connectivity index (χ2v) is 5.60. The summed E-state index contributed by atoms with van der Waals surface area (Å²) in [6.45, 7) is 0.431. The van der Waals surface area contributed by atoms with Crippen LogP contribution in [0.4, 0.5) is 0 Å². The first-order valence-corrected chi connectivity index (χ1v) is 7.86. The number of H-pyrrole nitrogens is 1. The van der Waals surface area contributed by atoms with Crippen LogP contribution in [0.3, 0.4) is 0 Å². The second-order valence-electron chi connectivity index (χ2n) is 5.60. The van der Waals surface area contributed by atoms with Crippen molar-refractivity contribution in [3.63, 3.8) is 0 Å². The van der Waals surface area contributed by atoms with Crippen LogP contribution in [0, 0.1) is 0 Å². The molecule has 0 fully saturated rings. The molecule has 6 nitrogen and oxygen atoms in total. The highest BCUT2D eigenvalue weighted by molar-refractivity contribution is 5.97. The topological polar surface area (TPSA) is 83.6 Å². The number of rotatable bonds is 4.